The van der Waals surface area contributed by atoms with Crippen molar-refractivity contribution in [2.75, 3.05) is 13.2 Å². The third kappa shape index (κ3) is 48.2. The molecule has 0 aliphatic carbocycles. The van der Waals surface area contributed by atoms with E-state index in [2.05, 4.69) is 154 Å². The lowest BCUT2D eigenvalue weighted by atomic mass is 10.1. The van der Waals surface area contributed by atoms with E-state index in [-0.39, 0.29) is 31.1 Å². The van der Waals surface area contributed by atoms with Crippen LogP contribution in [0.3, 0.4) is 0 Å². The number of carbonyl (C=O) groups is 3. The lowest BCUT2D eigenvalue weighted by molar-refractivity contribution is -0.160. The van der Waals surface area contributed by atoms with Gasteiger partial charge in [0, 0.05) is 19.3 Å². The van der Waals surface area contributed by atoms with Gasteiger partial charge in [-0.2, -0.15) is 0 Å². The number of ether oxygens (including phenoxy) is 3. The van der Waals surface area contributed by atoms with Crippen LogP contribution in [0.25, 0.3) is 0 Å². The standard InChI is InChI=1S/C57H86O6/c1-4-7-10-13-16-19-22-25-27-30-33-36-39-42-45-50-56(59)62-53-54(63-57(60)51-46-43-40-37-34-31-28-26-23-20-17-14-11-8-5-2)48-47-52-61-55(58)49-44-41-38-35-32-29-24-21-18-15-12-9-6-3/h6-8,10-12,15-17,19-21,24-28,32-37,54H,3-5,9,13-14,18,22-23,29-31,38-53H2,1-2H3/b10-7-,11-8-,15-12-,19-16-,20-17-,24-21-,27-25-,28-26-,35-32-,36-33-,37-34-. The van der Waals surface area contributed by atoms with Crippen molar-refractivity contribution in [2.45, 2.75) is 180 Å². The zero-order valence-corrected chi connectivity index (χ0v) is 39.6. The number of unbranched alkanes of at least 4 members (excludes halogenated alkanes) is 6. The summed E-state index contributed by atoms with van der Waals surface area (Å²) in [7, 11) is 0. The highest BCUT2D eigenvalue weighted by Gasteiger charge is 2.17. The number of rotatable bonds is 42. The molecule has 0 amide bonds. The highest BCUT2D eigenvalue weighted by molar-refractivity contribution is 5.70. The molecule has 0 fully saturated rings. The maximum absolute atomic E-state index is 12.8. The van der Waals surface area contributed by atoms with E-state index in [0.717, 1.165) is 128 Å². The highest BCUT2D eigenvalue weighted by Crippen LogP contribution is 2.12. The Kier molecular flexibility index (Phi) is 46.2. The zero-order valence-electron chi connectivity index (χ0n) is 39.6. The molecule has 0 aliphatic heterocycles. The monoisotopic (exact) mass is 867 g/mol. The van der Waals surface area contributed by atoms with Crippen LogP contribution in [0.15, 0.2) is 146 Å². The van der Waals surface area contributed by atoms with Crippen LogP contribution in [-0.4, -0.2) is 37.2 Å². The fourth-order valence-corrected chi connectivity index (χ4v) is 5.89. The fourth-order valence-electron chi connectivity index (χ4n) is 5.89. The molecule has 0 aromatic heterocycles. The van der Waals surface area contributed by atoms with E-state index in [4.69, 9.17) is 14.2 Å². The first-order valence-corrected chi connectivity index (χ1v) is 24.3. The van der Waals surface area contributed by atoms with E-state index < -0.39 is 6.10 Å². The molecule has 0 N–H and O–H groups in total. The normalized spacial score (nSPS) is 13.2. The molecule has 63 heavy (non-hydrogen) atoms. The molecule has 0 radical (unpaired) electrons. The SMILES string of the molecule is C=CC/C=C\C/C=C\C/C=C\CCCCC(=O)OCCCC(COC(=O)CCCC/C=C\C/C=C\C/C=C\C/C=C\CC)OC(=O)CCCC/C=C\C/C=C\C/C=C\C/C=C\CC. The Hall–Kier alpha value is -4.71. The minimum absolute atomic E-state index is 0.00737. The first-order valence-electron chi connectivity index (χ1n) is 24.3. The Labute approximate surface area is 385 Å². The fraction of sp³-hybridized carbons (Fsp3) is 0.526. The molecule has 0 bridgehead atoms. The molecule has 1 unspecified atom stereocenters. The second kappa shape index (κ2) is 49.9. The summed E-state index contributed by atoms with van der Waals surface area (Å²) in [5.74, 6) is -0.799. The van der Waals surface area contributed by atoms with Gasteiger partial charge in [-0.1, -0.05) is 154 Å². The Morgan fingerprint density at radius 1 is 0.397 bits per heavy atom. The second-order valence-electron chi connectivity index (χ2n) is 15.3. The Balaban J connectivity index is 4.59. The third-order valence-corrected chi connectivity index (χ3v) is 9.45. The van der Waals surface area contributed by atoms with Crippen LogP contribution in [0.5, 0.6) is 0 Å². The average Bonchev–Trinajstić information content (AvgIpc) is 3.28. The summed E-state index contributed by atoms with van der Waals surface area (Å²) >= 11 is 0. The molecule has 0 aromatic carbocycles. The van der Waals surface area contributed by atoms with Gasteiger partial charge in [0.05, 0.1) is 6.61 Å². The molecule has 0 spiro atoms. The Bertz CT molecular complexity index is 1450. The van der Waals surface area contributed by atoms with Crippen molar-refractivity contribution in [1.82, 2.24) is 0 Å². The molecule has 0 saturated carbocycles. The Morgan fingerprint density at radius 3 is 1.11 bits per heavy atom. The van der Waals surface area contributed by atoms with Gasteiger partial charge in [-0.25, -0.2) is 0 Å². The number of carbonyl (C=O) groups excluding carboxylic acids is 3. The summed E-state index contributed by atoms with van der Waals surface area (Å²) < 4.78 is 16.8. The van der Waals surface area contributed by atoms with Crippen molar-refractivity contribution in [2.24, 2.45) is 0 Å². The van der Waals surface area contributed by atoms with Gasteiger partial charge in [0.25, 0.3) is 0 Å². The summed E-state index contributed by atoms with van der Waals surface area (Å²) in [4.78, 5) is 37.7. The minimum atomic E-state index is -0.575. The largest absolute Gasteiger partial charge is 0.466 e. The number of allylic oxidation sites excluding steroid dienone is 23. The summed E-state index contributed by atoms with van der Waals surface area (Å²) in [5.41, 5.74) is 0. The number of esters is 3. The maximum Gasteiger partial charge on any atom is 0.306 e. The second-order valence-corrected chi connectivity index (χ2v) is 15.3. The van der Waals surface area contributed by atoms with Crippen LogP contribution in [0.1, 0.15) is 174 Å². The van der Waals surface area contributed by atoms with Gasteiger partial charge in [0.15, 0.2) is 0 Å². The minimum Gasteiger partial charge on any atom is -0.466 e. The lowest BCUT2D eigenvalue weighted by Gasteiger charge is -2.18. The van der Waals surface area contributed by atoms with Crippen molar-refractivity contribution >= 4 is 17.9 Å². The molecular formula is C57H86O6. The van der Waals surface area contributed by atoms with E-state index in [9.17, 15) is 14.4 Å². The smallest absolute Gasteiger partial charge is 0.306 e. The topological polar surface area (TPSA) is 78.9 Å². The van der Waals surface area contributed by atoms with Crippen molar-refractivity contribution in [3.63, 3.8) is 0 Å². The highest BCUT2D eigenvalue weighted by atomic mass is 16.6. The van der Waals surface area contributed by atoms with Crippen molar-refractivity contribution in [3.8, 4) is 0 Å². The van der Waals surface area contributed by atoms with Gasteiger partial charge in [0.1, 0.15) is 12.7 Å². The van der Waals surface area contributed by atoms with Gasteiger partial charge >= 0.3 is 17.9 Å². The van der Waals surface area contributed by atoms with Gasteiger partial charge in [-0.15, -0.1) is 6.58 Å². The third-order valence-electron chi connectivity index (χ3n) is 9.45. The lowest BCUT2D eigenvalue weighted by Crippen LogP contribution is -2.26. The van der Waals surface area contributed by atoms with Crippen LogP contribution < -0.4 is 0 Å². The predicted octanol–water partition coefficient (Wildman–Crippen LogP) is 16.1. The average molecular weight is 867 g/mol. The molecule has 6 heteroatoms. The van der Waals surface area contributed by atoms with E-state index in [1.54, 1.807) is 0 Å². The number of hydrogen-bond donors (Lipinski definition) is 0. The van der Waals surface area contributed by atoms with Crippen molar-refractivity contribution in [3.05, 3.63) is 146 Å². The van der Waals surface area contributed by atoms with Crippen molar-refractivity contribution < 1.29 is 28.6 Å². The quantitative estimate of drug-likeness (QED) is 0.0263. The first-order chi connectivity index (χ1) is 31.0. The van der Waals surface area contributed by atoms with E-state index in [1.807, 2.05) is 6.08 Å². The molecule has 0 heterocycles. The summed E-state index contributed by atoms with van der Waals surface area (Å²) in [6, 6.07) is 0. The summed E-state index contributed by atoms with van der Waals surface area (Å²) in [6.45, 7) is 8.24. The van der Waals surface area contributed by atoms with Gasteiger partial charge < -0.3 is 14.2 Å². The van der Waals surface area contributed by atoms with E-state index >= 15 is 0 Å². The van der Waals surface area contributed by atoms with E-state index in [1.165, 1.54) is 0 Å². The Morgan fingerprint density at radius 2 is 0.730 bits per heavy atom. The van der Waals surface area contributed by atoms with Crippen molar-refractivity contribution in [1.29, 1.82) is 0 Å². The summed E-state index contributed by atoms with van der Waals surface area (Å²) in [5, 5.41) is 0. The van der Waals surface area contributed by atoms with Gasteiger partial charge in [0.2, 0.25) is 0 Å². The van der Waals surface area contributed by atoms with Gasteiger partial charge in [-0.05, 0) is 141 Å². The molecule has 1 atom stereocenters. The molecule has 0 aliphatic rings. The molecule has 0 rings (SSSR count). The summed E-state index contributed by atoms with van der Waals surface area (Å²) in [6.07, 6.45) is 69.4. The molecule has 6 nitrogen and oxygen atoms in total. The van der Waals surface area contributed by atoms with Crippen LogP contribution in [0.2, 0.25) is 0 Å². The zero-order chi connectivity index (χ0) is 45.8. The van der Waals surface area contributed by atoms with Gasteiger partial charge in [-0.3, -0.25) is 14.4 Å². The molecule has 350 valence electrons. The molecule has 0 aromatic rings. The van der Waals surface area contributed by atoms with Crippen LogP contribution in [0.4, 0.5) is 0 Å². The predicted molar refractivity (Wildman–Crippen MR) is 269 cm³/mol. The molecule has 0 saturated heterocycles. The molecular weight excluding hydrogens is 781 g/mol. The first kappa shape index (κ1) is 58.3. The van der Waals surface area contributed by atoms with Crippen LogP contribution in [0, 0.1) is 0 Å². The van der Waals surface area contributed by atoms with Crippen LogP contribution in [-0.2, 0) is 28.6 Å². The van der Waals surface area contributed by atoms with E-state index in [0.29, 0.717) is 32.1 Å². The van der Waals surface area contributed by atoms with Crippen LogP contribution >= 0.6 is 0 Å². The number of hydrogen-bond acceptors (Lipinski definition) is 6. The maximum atomic E-state index is 12.8.